The Labute approximate surface area is 179 Å². The van der Waals surface area contributed by atoms with Crippen LogP contribution in [0.1, 0.15) is 42.1 Å². The van der Waals surface area contributed by atoms with Crippen LogP contribution in [-0.4, -0.2) is 38.6 Å². The fraction of sp³-hybridized carbons (Fsp3) is 0.348. The van der Waals surface area contributed by atoms with Crippen molar-refractivity contribution in [1.82, 2.24) is 14.9 Å². The molecular weight excluding hydrogens is 394 g/mol. The van der Waals surface area contributed by atoms with Crippen LogP contribution >= 0.6 is 0 Å². The molecule has 8 heteroatoms. The first-order valence-electron chi connectivity index (χ1n) is 10.6. The average Bonchev–Trinajstić information content (AvgIpc) is 3.28. The van der Waals surface area contributed by atoms with Crippen LogP contribution in [0.3, 0.4) is 0 Å². The molecule has 158 valence electrons. The molecule has 0 unspecified atom stereocenters. The van der Waals surface area contributed by atoms with E-state index in [4.69, 9.17) is 9.40 Å². The van der Waals surface area contributed by atoms with Crippen LogP contribution in [0.5, 0.6) is 0 Å². The highest BCUT2D eigenvalue weighted by Crippen LogP contribution is 2.26. The summed E-state index contributed by atoms with van der Waals surface area (Å²) in [5.41, 5.74) is 4.23. The Morgan fingerprint density at radius 3 is 2.74 bits per heavy atom. The Morgan fingerprint density at radius 1 is 1.10 bits per heavy atom. The summed E-state index contributed by atoms with van der Waals surface area (Å²) in [5.74, 6) is 2.38. The number of nitro groups is 1. The number of rotatable bonds is 5. The van der Waals surface area contributed by atoms with Crippen molar-refractivity contribution in [2.75, 3.05) is 13.1 Å². The average molecular weight is 417 g/mol. The van der Waals surface area contributed by atoms with Crippen molar-refractivity contribution in [3.05, 3.63) is 75.6 Å². The SMILES string of the molecule is O=[N+]([O-])c1ccc(-c2ccc(CN3CCc4nc(C5=NCCCC5)ncc4C3)o2)cc1. The lowest BCUT2D eigenvalue weighted by Gasteiger charge is -2.27. The molecule has 0 amide bonds. The molecule has 8 nitrogen and oxygen atoms in total. The molecule has 5 rings (SSSR count). The number of hydrogen-bond donors (Lipinski definition) is 0. The summed E-state index contributed by atoms with van der Waals surface area (Å²) in [5, 5.41) is 10.8. The summed E-state index contributed by atoms with van der Waals surface area (Å²) in [6.45, 7) is 3.27. The van der Waals surface area contributed by atoms with E-state index in [1.807, 2.05) is 18.3 Å². The van der Waals surface area contributed by atoms with Gasteiger partial charge in [0.25, 0.3) is 5.69 Å². The molecule has 2 aromatic heterocycles. The molecule has 0 saturated carbocycles. The molecule has 0 aliphatic carbocycles. The Hall–Kier alpha value is -3.39. The van der Waals surface area contributed by atoms with Crippen LogP contribution in [0.25, 0.3) is 11.3 Å². The van der Waals surface area contributed by atoms with Crippen molar-refractivity contribution < 1.29 is 9.34 Å². The van der Waals surface area contributed by atoms with Crippen molar-refractivity contribution in [2.24, 2.45) is 4.99 Å². The Kier molecular flexibility index (Phi) is 5.30. The van der Waals surface area contributed by atoms with Crippen LogP contribution < -0.4 is 0 Å². The minimum Gasteiger partial charge on any atom is -0.460 e. The van der Waals surface area contributed by atoms with Crippen molar-refractivity contribution >= 4 is 11.4 Å². The van der Waals surface area contributed by atoms with Gasteiger partial charge in [0.2, 0.25) is 0 Å². The standard InChI is InChI=1S/C23H23N5O3/c29-28(30)18-6-4-16(5-7-18)22-9-8-19(31-22)15-27-12-10-20-17(14-27)13-25-23(26-20)21-3-1-2-11-24-21/h4-9,13H,1-3,10-12,14-15H2. The van der Waals surface area contributed by atoms with Gasteiger partial charge in [0.05, 0.1) is 22.9 Å². The summed E-state index contributed by atoms with van der Waals surface area (Å²) in [6.07, 6.45) is 6.13. The zero-order valence-electron chi connectivity index (χ0n) is 17.2. The minimum atomic E-state index is -0.402. The molecule has 0 fully saturated rings. The minimum absolute atomic E-state index is 0.0726. The number of hydrogen-bond acceptors (Lipinski definition) is 7. The van der Waals surface area contributed by atoms with Gasteiger partial charge in [-0.25, -0.2) is 9.97 Å². The van der Waals surface area contributed by atoms with Gasteiger partial charge in [-0.2, -0.15) is 0 Å². The Balaban J connectivity index is 1.25. The number of benzene rings is 1. The number of fused-ring (bicyclic) bond motifs is 1. The van der Waals surface area contributed by atoms with Crippen molar-refractivity contribution in [2.45, 2.75) is 38.8 Å². The topological polar surface area (TPSA) is 97.7 Å². The third-order valence-electron chi connectivity index (χ3n) is 5.80. The van der Waals surface area contributed by atoms with E-state index in [2.05, 4.69) is 14.9 Å². The van der Waals surface area contributed by atoms with Crippen molar-refractivity contribution in [3.8, 4) is 11.3 Å². The maximum atomic E-state index is 10.8. The molecule has 2 aliphatic heterocycles. The van der Waals surface area contributed by atoms with E-state index in [0.29, 0.717) is 12.3 Å². The van der Waals surface area contributed by atoms with Gasteiger partial charge in [0, 0.05) is 55.5 Å². The molecule has 0 spiro atoms. The molecule has 4 heterocycles. The second kappa shape index (κ2) is 8.39. The van der Waals surface area contributed by atoms with E-state index >= 15 is 0 Å². The Bertz CT molecular complexity index is 1140. The molecule has 1 aromatic carbocycles. The zero-order chi connectivity index (χ0) is 21.2. The van der Waals surface area contributed by atoms with Crippen LogP contribution in [-0.2, 0) is 19.5 Å². The molecule has 31 heavy (non-hydrogen) atoms. The van der Waals surface area contributed by atoms with E-state index in [1.165, 1.54) is 12.1 Å². The van der Waals surface area contributed by atoms with Crippen LogP contribution in [0, 0.1) is 10.1 Å². The van der Waals surface area contributed by atoms with E-state index in [1.54, 1.807) is 12.1 Å². The molecule has 3 aromatic rings. The predicted octanol–water partition coefficient (Wildman–Crippen LogP) is 4.18. The van der Waals surface area contributed by atoms with Gasteiger partial charge in [0.1, 0.15) is 11.5 Å². The number of aliphatic imine (C=N–C) groups is 1. The summed E-state index contributed by atoms with van der Waals surface area (Å²) in [7, 11) is 0. The first-order chi connectivity index (χ1) is 15.2. The number of furan rings is 1. The Morgan fingerprint density at radius 2 is 1.97 bits per heavy atom. The fourth-order valence-electron chi connectivity index (χ4n) is 4.11. The van der Waals surface area contributed by atoms with E-state index in [0.717, 1.165) is 79.4 Å². The van der Waals surface area contributed by atoms with Gasteiger partial charge in [-0.1, -0.05) is 0 Å². The van der Waals surface area contributed by atoms with Gasteiger partial charge in [0.15, 0.2) is 5.82 Å². The predicted molar refractivity (Wildman–Crippen MR) is 116 cm³/mol. The lowest BCUT2D eigenvalue weighted by molar-refractivity contribution is -0.384. The number of nitrogens with zero attached hydrogens (tertiary/aromatic N) is 5. The van der Waals surface area contributed by atoms with Gasteiger partial charge in [-0.05, 0) is 43.5 Å². The first-order valence-corrected chi connectivity index (χ1v) is 10.6. The van der Waals surface area contributed by atoms with E-state index < -0.39 is 4.92 Å². The molecule has 0 radical (unpaired) electrons. The lowest BCUT2D eigenvalue weighted by Crippen LogP contribution is -2.31. The van der Waals surface area contributed by atoms with E-state index in [-0.39, 0.29) is 5.69 Å². The van der Waals surface area contributed by atoms with Gasteiger partial charge in [-0.15, -0.1) is 0 Å². The van der Waals surface area contributed by atoms with Crippen molar-refractivity contribution in [3.63, 3.8) is 0 Å². The third-order valence-corrected chi connectivity index (χ3v) is 5.80. The maximum Gasteiger partial charge on any atom is 0.269 e. The van der Waals surface area contributed by atoms with Gasteiger partial charge in [-0.3, -0.25) is 20.0 Å². The van der Waals surface area contributed by atoms with E-state index in [9.17, 15) is 10.1 Å². The number of nitro benzene ring substituents is 1. The summed E-state index contributed by atoms with van der Waals surface area (Å²) in [6, 6.07) is 10.3. The molecule has 0 atom stereocenters. The van der Waals surface area contributed by atoms with Crippen LogP contribution in [0.2, 0.25) is 0 Å². The fourth-order valence-corrected chi connectivity index (χ4v) is 4.11. The van der Waals surface area contributed by atoms with Gasteiger partial charge < -0.3 is 4.42 Å². The highest BCUT2D eigenvalue weighted by Gasteiger charge is 2.21. The summed E-state index contributed by atoms with van der Waals surface area (Å²) < 4.78 is 6.00. The normalized spacial score (nSPS) is 16.6. The molecular formula is C23H23N5O3. The number of aromatic nitrogens is 2. The largest absolute Gasteiger partial charge is 0.460 e. The second-order valence-corrected chi connectivity index (χ2v) is 7.98. The molecule has 0 N–H and O–H groups in total. The third kappa shape index (κ3) is 4.25. The summed E-state index contributed by atoms with van der Waals surface area (Å²) >= 11 is 0. The number of non-ortho nitro benzene ring substituents is 1. The van der Waals surface area contributed by atoms with Crippen LogP contribution in [0.4, 0.5) is 5.69 Å². The quantitative estimate of drug-likeness (QED) is 0.456. The zero-order valence-corrected chi connectivity index (χ0v) is 17.2. The highest BCUT2D eigenvalue weighted by atomic mass is 16.6. The molecule has 2 aliphatic rings. The second-order valence-electron chi connectivity index (χ2n) is 7.98. The first kappa shape index (κ1) is 19.6. The smallest absolute Gasteiger partial charge is 0.269 e. The van der Waals surface area contributed by atoms with Crippen molar-refractivity contribution in [1.29, 1.82) is 0 Å². The maximum absolute atomic E-state index is 10.8. The lowest BCUT2D eigenvalue weighted by atomic mass is 10.1. The van der Waals surface area contributed by atoms with Crippen LogP contribution in [0.15, 0.2) is 52.0 Å². The molecule has 0 bridgehead atoms. The molecule has 0 saturated heterocycles. The monoisotopic (exact) mass is 417 g/mol. The highest BCUT2D eigenvalue weighted by molar-refractivity contribution is 5.97. The van der Waals surface area contributed by atoms with Gasteiger partial charge >= 0.3 is 0 Å². The summed E-state index contributed by atoms with van der Waals surface area (Å²) in [4.78, 5) is 26.7.